The van der Waals surface area contributed by atoms with E-state index in [9.17, 15) is 10.1 Å². The van der Waals surface area contributed by atoms with Gasteiger partial charge in [-0.05, 0) is 37.6 Å². The van der Waals surface area contributed by atoms with Crippen LogP contribution in [-0.2, 0) is 10.3 Å². The molecule has 5 nitrogen and oxygen atoms in total. The quantitative estimate of drug-likeness (QED) is 0.633. The Balaban J connectivity index is 2.42. The molecule has 0 saturated heterocycles. The van der Waals surface area contributed by atoms with Crippen molar-refractivity contribution in [2.75, 3.05) is 0 Å². The minimum Gasteiger partial charge on any atom is -0.291 e. The first-order valence-electron chi connectivity index (χ1n) is 6.33. The summed E-state index contributed by atoms with van der Waals surface area (Å²) in [6.07, 6.45) is 4.21. The van der Waals surface area contributed by atoms with Gasteiger partial charge in [0.2, 0.25) is 0 Å². The number of benzene rings is 1. The van der Waals surface area contributed by atoms with Crippen molar-refractivity contribution >= 4 is 35.1 Å². The molecule has 2 rings (SSSR count). The number of halogens is 2. The van der Waals surface area contributed by atoms with Gasteiger partial charge >= 0.3 is 0 Å². The summed E-state index contributed by atoms with van der Waals surface area (Å²) < 4.78 is 1.41. The summed E-state index contributed by atoms with van der Waals surface area (Å²) >= 11 is 11.9. The Bertz CT molecular complexity index is 773. The molecule has 0 amide bonds. The molecule has 0 saturated carbocycles. The van der Waals surface area contributed by atoms with E-state index < -0.39 is 5.54 Å². The van der Waals surface area contributed by atoms with Gasteiger partial charge in [-0.15, -0.1) is 0 Å². The van der Waals surface area contributed by atoms with Crippen LogP contribution >= 0.6 is 23.2 Å². The number of Topliss-reactive ketones (excluding diaryl/α,β-unsaturated/α-hetero) is 1. The fourth-order valence-electron chi connectivity index (χ4n) is 1.85. The predicted molar refractivity (Wildman–Crippen MR) is 84.4 cm³/mol. The Morgan fingerprint density at radius 2 is 2.14 bits per heavy atom. The van der Waals surface area contributed by atoms with Gasteiger partial charge in [-0.3, -0.25) is 4.79 Å². The first-order valence-corrected chi connectivity index (χ1v) is 7.08. The van der Waals surface area contributed by atoms with E-state index in [0.717, 1.165) is 0 Å². The average molecular weight is 335 g/mol. The van der Waals surface area contributed by atoms with Crippen molar-refractivity contribution in [1.29, 1.82) is 5.26 Å². The molecule has 1 aromatic heterocycles. The van der Waals surface area contributed by atoms with Gasteiger partial charge in [-0.2, -0.15) is 10.4 Å². The van der Waals surface area contributed by atoms with Crippen LogP contribution in [0.25, 0.3) is 6.08 Å². The van der Waals surface area contributed by atoms with Crippen molar-refractivity contribution in [3.63, 3.8) is 0 Å². The molecule has 1 heterocycles. The molecule has 112 valence electrons. The Kier molecular flexibility index (Phi) is 4.65. The number of hydrogen-bond acceptors (Lipinski definition) is 4. The first-order chi connectivity index (χ1) is 10.4. The van der Waals surface area contributed by atoms with Gasteiger partial charge in [-0.1, -0.05) is 29.3 Å². The van der Waals surface area contributed by atoms with Crippen LogP contribution in [0.15, 0.2) is 36.4 Å². The Morgan fingerprint density at radius 1 is 1.41 bits per heavy atom. The SMILES string of the molecule is CC(C)(C(=O)/C(C#N)=C/c1ccc(Cl)cc1Cl)n1cncn1. The normalized spacial score (nSPS) is 12.0. The van der Waals surface area contributed by atoms with Crippen LogP contribution in [-0.4, -0.2) is 20.5 Å². The second-order valence-electron chi connectivity index (χ2n) is 5.06. The maximum absolute atomic E-state index is 12.6. The number of ketones is 1. The van der Waals surface area contributed by atoms with Crippen molar-refractivity contribution in [2.24, 2.45) is 0 Å². The van der Waals surface area contributed by atoms with E-state index in [-0.39, 0.29) is 11.4 Å². The van der Waals surface area contributed by atoms with Gasteiger partial charge in [0.15, 0.2) is 5.78 Å². The van der Waals surface area contributed by atoms with Gasteiger partial charge in [0.05, 0.1) is 5.57 Å². The maximum atomic E-state index is 12.6. The molecule has 0 N–H and O–H groups in total. The molecule has 0 aliphatic heterocycles. The molecular formula is C15H12Cl2N4O. The van der Waals surface area contributed by atoms with Crippen LogP contribution < -0.4 is 0 Å². The van der Waals surface area contributed by atoms with E-state index in [0.29, 0.717) is 15.6 Å². The molecule has 1 aromatic carbocycles. The molecular weight excluding hydrogens is 323 g/mol. The predicted octanol–water partition coefficient (Wildman–Crippen LogP) is 3.50. The third-order valence-electron chi connectivity index (χ3n) is 3.17. The van der Waals surface area contributed by atoms with Crippen molar-refractivity contribution < 1.29 is 4.79 Å². The minimum absolute atomic E-state index is 0.0234. The zero-order chi connectivity index (χ0) is 16.3. The fraction of sp³-hybridized carbons (Fsp3) is 0.200. The summed E-state index contributed by atoms with van der Waals surface area (Å²) in [4.78, 5) is 16.5. The van der Waals surface area contributed by atoms with E-state index >= 15 is 0 Å². The molecule has 2 aromatic rings. The van der Waals surface area contributed by atoms with Crippen molar-refractivity contribution in [3.8, 4) is 6.07 Å². The van der Waals surface area contributed by atoms with Crippen LogP contribution in [0.5, 0.6) is 0 Å². The van der Waals surface area contributed by atoms with Gasteiger partial charge in [0.25, 0.3) is 0 Å². The van der Waals surface area contributed by atoms with Gasteiger partial charge in [0, 0.05) is 10.0 Å². The maximum Gasteiger partial charge on any atom is 0.200 e. The van der Waals surface area contributed by atoms with Gasteiger partial charge in [-0.25, -0.2) is 9.67 Å². The minimum atomic E-state index is -1.03. The molecule has 0 unspecified atom stereocenters. The second-order valence-corrected chi connectivity index (χ2v) is 5.91. The summed E-state index contributed by atoms with van der Waals surface area (Å²) in [5.41, 5.74) is -0.508. The summed E-state index contributed by atoms with van der Waals surface area (Å²) in [5, 5.41) is 14.1. The van der Waals surface area contributed by atoms with E-state index in [1.54, 1.807) is 32.0 Å². The lowest BCUT2D eigenvalue weighted by Crippen LogP contribution is -2.37. The first kappa shape index (κ1) is 16.2. The molecule has 0 spiro atoms. The highest BCUT2D eigenvalue weighted by molar-refractivity contribution is 6.35. The fourth-order valence-corrected chi connectivity index (χ4v) is 2.32. The van der Waals surface area contributed by atoms with Crippen LogP contribution in [0.1, 0.15) is 19.4 Å². The molecule has 22 heavy (non-hydrogen) atoms. The highest BCUT2D eigenvalue weighted by Gasteiger charge is 2.33. The zero-order valence-electron chi connectivity index (χ0n) is 11.9. The molecule has 7 heteroatoms. The number of carbonyl (C=O) groups is 1. The summed E-state index contributed by atoms with van der Waals surface area (Å²) in [6.45, 7) is 3.33. The van der Waals surface area contributed by atoms with Crippen LogP contribution in [0, 0.1) is 11.3 Å². The van der Waals surface area contributed by atoms with E-state index in [1.807, 2.05) is 6.07 Å². The molecule has 0 atom stereocenters. The van der Waals surface area contributed by atoms with Crippen molar-refractivity contribution in [3.05, 3.63) is 52.0 Å². The highest BCUT2D eigenvalue weighted by atomic mass is 35.5. The van der Waals surface area contributed by atoms with Gasteiger partial charge < -0.3 is 0 Å². The third-order valence-corrected chi connectivity index (χ3v) is 3.74. The van der Waals surface area contributed by atoms with Crippen molar-refractivity contribution in [1.82, 2.24) is 14.8 Å². The third kappa shape index (κ3) is 3.19. The zero-order valence-corrected chi connectivity index (χ0v) is 13.4. The molecule has 0 aliphatic rings. The topological polar surface area (TPSA) is 71.6 Å². The van der Waals surface area contributed by atoms with Crippen molar-refractivity contribution in [2.45, 2.75) is 19.4 Å². The average Bonchev–Trinajstić information content (AvgIpc) is 3.01. The second kappa shape index (κ2) is 6.30. The smallest absolute Gasteiger partial charge is 0.200 e. The number of allylic oxidation sites excluding steroid dienone is 1. The number of aromatic nitrogens is 3. The van der Waals surface area contributed by atoms with E-state index in [1.165, 1.54) is 23.4 Å². The number of hydrogen-bond donors (Lipinski definition) is 0. The lowest BCUT2D eigenvalue weighted by molar-refractivity contribution is -0.122. The molecule has 0 radical (unpaired) electrons. The standard InChI is InChI=1S/C15H12Cl2N4O/c1-15(2,21-9-19-8-20-21)14(22)11(7-18)5-10-3-4-12(16)6-13(10)17/h3-6,8-9H,1-2H3/b11-5+. The number of carbonyl (C=O) groups excluding carboxylic acids is 1. The lowest BCUT2D eigenvalue weighted by atomic mass is 9.92. The van der Waals surface area contributed by atoms with E-state index in [2.05, 4.69) is 10.1 Å². The Labute approximate surface area is 137 Å². The summed E-state index contributed by atoms with van der Waals surface area (Å²) in [6, 6.07) is 6.76. The molecule has 0 fully saturated rings. The van der Waals surface area contributed by atoms with Gasteiger partial charge in [0.1, 0.15) is 24.3 Å². The lowest BCUT2D eigenvalue weighted by Gasteiger charge is -2.22. The van der Waals surface area contributed by atoms with Crippen LogP contribution in [0.3, 0.4) is 0 Å². The highest BCUT2D eigenvalue weighted by Crippen LogP contribution is 2.25. The molecule has 0 aliphatic carbocycles. The number of nitriles is 1. The Hall–Kier alpha value is -2.16. The monoisotopic (exact) mass is 334 g/mol. The van der Waals surface area contributed by atoms with Crippen LogP contribution in [0.4, 0.5) is 0 Å². The largest absolute Gasteiger partial charge is 0.291 e. The molecule has 0 bridgehead atoms. The summed E-state index contributed by atoms with van der Waals surface area (Å²) in [5.74, 6) is -0.383. The number of rotatable bonds is 4. The summed E-state index contributed by atoms with van der Waals surface area (Å²) in [7, 11) is 0. The van der Waals surface area contributed by atoms with Crippen LogP contribution in [0.2, 0.25) is 10.0 Å². The Morgan fingerprint density at radius 3 is 2.68 bits per heavy atom. The van der Waals surface area contributed by atoms with E-state index in [4.69, 9.17) is 23.2 Å². The number of nitrogens with zero attached hydrogens (tertiary/aromatic N) is 4.